The van der Waals surface area contributed by atoms with Crippen molar-refractivity contribution in [1.82, 2.24) is 0 Å². The van der Waals surface area contributed by atoms with Gasteiger partial charge in [0, 0.05) is 45.0 Å². The zero-order valence-electron chi connectivity index (χ0n) is 31.7. The molecule has 0 amide bonds. The van der Waals surface area contributed by atoms with E-state index in [4.69, 9.17) is 23.2 Å². The third kappa shape index (κ3) is 9.25. The molecule has 0 unspecified atom stereocenters. The van der Waals surface area contributed by atoms with Crippen LogP contribution in [-0.4, -0.2) is 19.5 Å². The van der Waals surface area contributed by atoms with E-state index in [1.165, 1.54) is 59.8 Å². The third-order valence-corrected chi connectivity index (χ3v) is 13.3. The van der Waals surface area contributed by atoms with E-state index >= 15 is 0 Å². The summed E-state index contributed by atoms with van der Waals surface area (Å²) in [5, 5.41) is 3.97. The molecule has 0 atom stereocenters. The Labute approximate surface area is 353 Å². The van der Waals surface area contributed by atoms with Crippen LogP contribution in [0.3, 0.4) is 0 Å². The average Bonchev–Trinajstić information content (AvgIpc) is 3.89. The smallest absolute Gasteiger partial charge is 0.262 e. The summed E-state index contributed by atoms with van der Waals surface area (Å²) in [7, 11) is -4.27. The molecule has 290 valence electrons. The summed E-state index contributed by atoms with van der Waals surface area (Å²) in [4.78, 5) is 5.84. The summed E-state index contributed by atoms with van der Waals surface area (Å²) in [6, 6.07) is 39.5. The van der Waals surface area contributed by atoms with Gasteiger partial charge in [-0.2, -0.15) is 4.57 Å². The van der Waals surface area contributed by atoms with Crippen molar-refractivity contribution < 1.29 is 17.5 Å². The van der Waals surface area contributed by atoms with Gasteiger partial charge in [-0.25, -0.2) is 8.42 Å². The molecule has 0 spiro atoms. The maximum atomic E-state index is 10.4. The minimum absolute atomic E-state index is 0.178. The highest BCUT2D eigenvalue weighted by molar-refractivity contribution is 8.03. The van der Waals surface area contributed by atoms with E-state index in [2.05, 4.69) is 137 Å². The van der Waals surface area contributed by atoms with Crippen molar-refractivity contribution in [1.29, 1.82) is 0 Å². The van der Waals surface area contributed by atoms with Crippen LogP contribution in [0.2, 0.25) is 10.0 Å². The Hall–Kier alpha value is -4.61. The highest BCUT2D eigenvalue weighted by atomic mass is 35.5. The first-order valence-corrected chi connectivity index (χ1v) is 22.5. The lowest BCUT2D eigenvalue weighted by atomic mass is 10.1. The van der Waals surface area contributed by atoms with Gasteiger partial charge in [0.15, 0.2) is 0 Å². The van der Waals surface area contributed by atoms with Crippen molar-refractivity contribution in [3.63, 3.8) is 0 Å². The fourth-order valence-electron chi connectivity index (χ4n) is 6.98. The van der Waals surface area contributed by atoms with Crippen LogP contribution in [0.5, 0.6) is 0 Å². The van der Waals surface area contributed by atoms with Gasteiger partial charge in [-0.05, 0) is 124 Å². The number of benzene rings is 5. The Morgan fingerprint density at radius 3 is 2.09 bits per heavy atom. The average molecular weight is 851 g/mol. The number of nitrogens with zero attached hydrogens (tertiary/aromatic N) is 3. The monoisotopic (exact) mass is 849 g/mol. The first-order valence-electron chi connectivity index (χ1n) is 18.7. The SMILES string of the molecule is CCN1/C(=C\C=C2/CCC(/C=C/c3sc4ccc(Cl)cc4[n+]3CC)=C2N(c2ccccc2)c2ccccc2)Sc2ccc(Cl)cc21.Cc1ccc(S(=O)(=O)[O-])cc1. The number of hydrogen-bond donors (Lipinski definition) is 0. The second kappa shape index (κ2) is 17.9. The number of para-hydroxylation sites is 2. The Balaban J connectivity index is 0.000000391. The van der Waals surface area contributed by atoms with E-state index < -0.39 is 10.1 Å². The van der Waals surface area contributed by atoms with E-state index in [-0.39, 0.29) is 4.90 Å². The summed E-state index contributed by atoms with van der Waals surface area (Å²) in [5.41, 5.74) is 9.44. The highest BCUT2D eigenvalue weighted by Gasteiger charge is 2.28. The fourth-order valence-corrected chi connectivity index (χ4v) is 10.0. The molecule has 1 aromatic heterocycles. The molecule has 6 nitrogen and oxygen atoms in total. The number of aromatic nitrogens is 1. The summed E-state index contributed by atoms with van der Waals surface area (Å²) >= 11 is 16.4. The Morgan fingerprint density at radius 1 is 0.807 bits per heavy atom. The molecular formula is C46H41Cl2N3O3S3. The molecule has 0 radical (unpaired) electrons. The van der Waals surface area contributed by atoms with Crippen LogP contribution in [0.15, 0.2) is 171 Å². The summed E-state index contributed by atoms with van der Waals surface area (Å²) < 4.78 is 34.8. The van der Waals surface area contributed by atoms with Crippen molar-refractivity contribution in [3.8, 4) is 0 Å². The van der Waals surface area contributed by atoms with E-state index in [9.17, 15) is 13.0 Å². The van der Waals surface area contributed by atoms with E-state index in [0.717, 1.165) is 52.9 Å². The Kier molecular flexibility index (Phi) is 12.7. The molecule has 2 heterocycles. The molecule has 0 saturated carbocycles. The minimum Gasteiger partial charge on any atom is -0.744 e. The summed E-state index contributed by atoms with van der Waals surface area (Å²) in [6.45, 7) is 7.96. The number of thioether (sulfide) groups is 1. The lowest BCUT2D eigenvalue weighted by Crippen LogP contribution is -2.33. The normalized spacial score (nSPS) is 15.5. The van der Waals surface area contributed by atoms with Gasteiger partial charge >= 0.3 is 0 Å². The summed E-state index contributed by atoms with van der Waals surface area (Å²) in [6.07, 6.45) is 11.2. The van der Waals surface area contributed by atoms with Crippen molar-refractivity contribution in [2.75, 3.05) is 16.3 Å². The number of rotatable bonds is 9. The molecular weight excluding hydrogens is 810 g/mol. The number of allylic oxidation sites excluding steroid dienone is 5. The van der Waals surface area contributed by atoms with Crippen LogP contribution in [0.25, 0.3) is 16.3 Å². The van der Waals surface area contributed by atoms with E-state index in [1.807, 2.05) is 42.2 Å². The molecule has 0 N–H and O–H groups in total. The quantitative estimate of drug-likeness (QED) is 0.107. The molecule has 0 saturated heterocycles. The van der Waals surface area contributed by atoms with Gasteiger partial charge < -0.3 is 14.4 Å². The molecule has 0 fully saturated rings. The van der Waals surface area contributed by atoms with E-state index in [1.54, 1.807) is 12.1 Å². The predicted molar refractivity (Wildman–Crippen MR) is 239 cm³/mol. The first kappa shape index (κ1) is 40.6. The molecule has 11 heteroatoms. The lowest BCUT2D eigenvalue weighted by Gasteiger charge is -2.28. The van der Waals surface area contributed by atoms with Gasteiger partial charge in [0.25, 0.3) is 5.01 Å². The Morgan fingerprint density at radius 2 is 1.46 bits per heavy atom. The van der Waals surface area contributed by atoms with Crippen LogP contribution < -0.4 is 14.4 Å². The van der Waals surface area contributed by atoms with Crippen LogP contribution in [0.1, 0.15) is 37.3 Å². The van der Waals surface area contributed by atoms with Crippen molar-refractivity contribution in [2.24, 2.45) is 0 Å². The molecule has 5 aromatic carbocycles. The predicted octanol–water partition coefficient (Wildman–Crippen LogP) is 12.7. The Bertz CT molecular complexity index is 2600. The zero-order valence-corrected chi connectivity index (χ0v) is 35.7. The maximum Gasteiger partial charge on any atom is 0.262 e. The number of hydrogen-bond acceptors (Lipinski definition) is 7. The van der Waals surface area contributed by atoms with Crippen LogP contribution in [-0.2, 0) is 16.7 Å². The lowest BCUT2D eigenvalue weighted by molar-refractivity contribution is -0.665. The van der Waals surface area contributed by atoms with Crippen molar-refractivity contribution >= 4 is 89.8 Å². The van der Waals surface area contributed by atoms with Crippen molar-refractivity contribution in [3.05, 3.63) is 182 Å². The van der Waals surface area contributed by atoms with Gasteiger partial charge in [0.1, 0.15) is 21.4 Å². The van der Waals surface area contributed by atoms with Gasteiger partial charge in [-0.1, -0.05) is 106 Å². The van der Waals surface area contributed by atoms with Gasteiger partial charge in [0.05, 0.1) is 21.3 Å². The van der Waals surface area contributed by atoms with Gasteiger partial charge in [-0.3, -0.25) is 0 Å². The number of aryl methyl sites for hydroxylation is 2. The van der Waals surface area contributed by atoms with Crippen LogP contribution in [0.4, 0.5) is 17.1 Å². The molecule has 8 rings (SSSR count). The first-order chi connectivity index (χ1) is 27.5. The standard InChI is InChI=1S/C39H34Cl2N3S2.C7H8O3S/c1-3-42-33-25-29(40)19-21-35(33)45-37(42)23-17-27-15-16-28(18-24-38-43(4-2)34-26-30(41)20-22-36(34)46-38)39(27)44(31-11-7-5-8-12-31)32-13-9-6-10-14-32;1-6-2-4-7(5-3-6)11(8,9)10/h5-14,17-26H,3-4,15-16H2,1-2H3;2-5H,1H3,(H,8,9,10)/q+1;/p-1. The summed E-state index contributed by atoms with van der Waals surface area (Å²) in [5.74, 6) is 0. The number of halogens is 2. The second-order valence-electron chi connectivity index (χ2n) is 13.4. The van der Waals surface area contributed by atoms with Gasteiger partial charge in [-0.15, -0.1) is 0 Å². The van der Waals surface area contributed by atoms with Crippen LogP contribution in [0, 0.1) is 6.92 Å². The molecule has 1 aliphatic heterocycles. The van der Waals surface area contributed by atoms with Crippen molar-refractivity contribution in [2.45, 2.75) is 49.9 Å². The molecule has 57 heavy (non-hydrogen) atoms. The fraction of sp³-hybridized carbons (Fsp3) is 0.152. The minimum atomic E-state index is -4.27. The second-order valence-corrected chi connectivity index (χ2v) is 17.8. The number of fused-ring (bicyclic) bond motifs is 2. The van der Waals surface area contributed by atoms with Gasteiger partial charge in [0.2, 0.25) is 5.52 Å². The maximum absolute atomic E-state index is 10.4. The van der Waals surface area contributed by atoms with Crippen LogP contribution >= 0.6 is 46.3 Å². The molecule has 0 bridgehead atoms. The third-order valence-electron chi connectivity index (χ3n) is 9.71. The largest absolute Gasteiger partial charge is 0.744 e. The van der Waals surface area contributed by atoms with E-state index in [0.29, 0.717) is 0 Å². The molecule has 2 aliphatic rings. The zero-order chi connectivity index (χ0) is 40.1. The topological polar surface area (TPSA) is 67.6 Å². The highest BCUT2D eigenvalue weighted by Crippen LogP contribution is 2.48. The number of thiazole rings is 1. The molecule has 1 aliphatic carbocycles. The molecule has 6 aromatic rings. The number of anilines is 3.